The normalized spacial score (nSPS) is 13.9. The van der Waals surface area contributed by atoms with E-state index in [-0.39, 0.29) is 11.4 Å². The van der Waals surface area contributed by atoms with Gasteiger partial charge in [-0.1, -0.05) is 30.0 Å². The van der Waals surface area contributed by atoms with E-state index in [4.69, 9.17) is 17.3 Å². The molecule has 0 radical (unpaired) electrons. The number of hydrogen-bond donors (Lipinski definition) is 2. The first-order chi connectivity index (χ1) is 13.0. The van der Waals surface area contributed by atoms with Crippen molar-refractivity contribution in [2.75, 3.05) is 0 Å². The largest absolute Gasteiger partial charge is 0.872 e. The number of para-hydroxylation sites is 1. The number of aromatic carboxylic acids is 1. The summed E-state index contributed by atoms with van der Waals surface area (Å²) in [6.07, 6.45) is 3.49. The number of benzene rings is 2. The Morgan fingerprint density at radius 3 is 2.81 bits per heavy atom. The minimum Gasteiger partial charge on any atom is -0.872 e. The van der Waals surface area contributed by atoms with Crippen molar-refractivity contribution in [3.05, 3.63) is 62.4 Å². The number of carboxylic acid groups (broad SMARTS) is 1. The monoisotopic (exact) mass is 395 g/mol. The van der Waals surface area contributed by atoms with E-state index in [9.17, 15) is 15.0 Å². The van der Waals surface area contributed by atoms with Gasteiger partial charge in [-0.2, -0.15) is 0 Å². The van der Waals surface area contributed by atoms with E-state index < -0.39 is 11.7 Å². The molecule has 134 valence electrons. The molecule has 0 spiro atoms. The van der Waals surface area contributed by atoms with E-state index in [1.165, 1.54) is 28.0 Å². The van der Waals surface area contributed by atoms with E-state index in [0.29, 0.717) is 14.5 Å². The first kappa shape index (κ1) is 17.2. The predicted molar refractivity (Wildman–Crippen MR) is 105 cm³/mol. The highest BCUT2D eigenvalue weighted by Gasteiger charge is 2.17. The Morgan fingerprint density at radius 2 is 2.04 bits per heavy atom. The van der Waals surface area contributed by atoms with Crippen molar-refractivity contribution < 1.29 is 20.1 Å². The Kier molecular flexibility index (Phi) is 4.14. The second kappa shape index (κ2) is 6.49. The van der Waals surface area contributed by atoms with Crippen molar-refractivity contribution in [1.82, 2.24) is 4.57 Å². The molecule has 0 amide bonds. The Bertz CT molecular complexity index is 1200. The second-order valence-corrected chi connectivity index (χ2v) is 7.43. The summed E-state index contributed by atoms with van der Waals surface area (Å²) in [6.45, 7) is 0. The van der Waals surface area contributed by atoms with Crippen molar-refractivity contribution in [2.45, 2.75) is 0 Å². The van der Waals surface area contributed by atoms with Crippen LogP contribution in [0.1, 0.15) is 20.8 Å². The Balaban J connectivity index is 1.82. The number of aromatic nitrogens is 1. The highest BCUT2D eigenvalue weighted by atomic mass is 32.1. The van der Waals surface area contributed by atoms with Crippen LogP contribution in [0.3, 0.4) is 0 Å². The standard InChI is InChI=1S/C19H12N2O4S2/c22-15-6-5-11(8-13(15)18(24)25)21-17(23)16(27-19(21)26)7-10-9-20-14-4-2-1-3-12(10)14/h1-9,22-23H,(H,24,25)/p-1/b10-7+. The minimum absolute atomic E-state index is 0.120. The molecule has 0 bridgehead atoms. The van der Waals surface area contributed by atoms with Crippen molar-refractivity contribution in [3.63, 3.8) is 0 Å². The number of nitrogens with zero attached hydrogens (tertiary/aromatic N) is 2. The maximum absolute atomic E-state index is 11.7. The number of thiazole rings is 1. The molecule has 4 rings (SSSR count). The van der Waals surface area contributed by atoms with Crippen LogP contribution < -0.4 is 5.11 Å². The fourth-order valence-electron chi connectivity index (χ4n) is 2.82. The molecule has 8 heteroatoms. The van der Waals surface area contributed by atoms with E-state index in [2.05, 4.69) is 4.99 Å². The predicted octanol–water partition coefficient (Wildman–Crippen LogP) is 4.00. The number of aliphatic imine (C=N–C) groups is 1. The van der Waals surface area contributed by atoms with Gasteiger partial charge in [0, 0.05) is 17.4 Å². The van der Waals surface area contributed by atoms with Gasteiger partial charge in [0.1, 0.15) is 0 Å². The zero-order valence-electron chi connectivity index (χ0n) is 13.6. The lowest BCUT2D eigenvalue weighted by Gasteiger charge is -2.12. The average molecular weight is 395 g/mol. The van der Waals surface area contributed by atoms with Crippen LogP contribution in [0.5, 0.6) is 11.6 Å². The van der Waals surface area contributed by atoms with Gasteiger partial charge in [0.25, 0.3) is 0 Å². The molecule has 6 nitrogen and oxygen atoms in total. The molecular weight excluding hydrogens is 384 g/mol. The maximum atomic E-state index is 11.7. The number of fused-ring (bicyclic) bond motifs is 1. The van der Waals surface area contributed by atoms with E-state index in [0.717, 1.165) is 22.9 Å². The van der Waals surface area contributed by atoms with Crippen LogP contribution in [0, 0.1) is 3.95 Å². The second-order valence-electron chi connectivity index (χ2n) is 5.75. The summed E-state index contributed by atoms with van der Waals surface area (Å²) in [4.78, 5) is 16.1. The fraction of sp³-hybridized carbons (Fsp3) is 0. The van der Waals surface area contributed by atoms with E-state index in [1.54, 1.807) is 12.3 Å². The number of hydrogen-bond acceptors (Lipinski definition) is 6. The molecule has 1 aliphatic heterocycles. The molecule has 2 aromatic carbocycles. The Hall–Kier alpha value is -3.23. The van der Waals surface area contributed by atoms with Crippen molar-refractivity contribution in [2.24, 2.45) is 4.99 Å². The molecule has 0 fully saturated rings. The zero-order valence-corrected chi connectivity index (χ0v) is 15.3. The van der Waals surface area contributed by atoms with Gasteiger partial charge in [-0.05, 0) is 36.5 Å². The van der Waals surface area contributed by atoms with E-state index >= 15 is 0 Å². The summed E-state index contributed by atoms with van der Waals surface area (Å²) in [5, 5.41) is 31.5. The average Bonchev–Trinajstić information content (AvgIpc) is 3.17. The van der Waals surface area contributed by atoms with Gasteiger partial charge >= 0.3 is 5.97 Å². The van der Waals surface area contributed by atoms with Crippen LogP contribution in [0.15, 0.2) is 47.5 Å². The molecule has 0 aliphatic carbocycles. The van der Waals surface area contributed by atoms with Crippen LogP contribution >= 0.6 is 23.6 Å². The third kappa shape index (κ3) is 2.94. The number of allylic oxidation sites excluding steroid dienone is 1. The molecule has 0 unspecified atom stereocenters. The fourth-order valence-corrected chi connectivity index (χ4v) is 4.12. The van der Waals surface area contributed by atoms with Gasteiger partial charge in [-0.25, -0.2) is 4.79 Å². The first-order valence-electron chi connectivity index (χ1n) is 7.80. The molecule has 2 N–H and O–H groups in total. The lowest BCUT2D eigenvalue weighted by Crippen LogP contribution is -2.05. The summed E-state index contributed by atoms with van der Waals surface area (Å²) >= 11 is 6.52. The van der Waals surface area contributed by atoms with Gasteiger partial charge in [-0.15, -0.1) is 11.3 Å². The van der Waals surface area contributed by atoms with Crippen LogP contribution in [0.25, 0.3) is 17.3 Å². The first-order valence-corrected chi connectivity index (χ1v) is 9.03. The molecule has 1 aromatic heterocycles. The van der Waals surface area contributed by atoms with E-state index in [1.807, 2.05) is 24.3 Å². The van der Waals surface area contributed by atoms with Gasteiger partial charge in [-0.3, -0.25) is 9.56 Å². The van der Waals surface area contributed by atoms with Crippen LogP contribution in [-0.2, 0) is 0 Å². The molecule has 0 saturated carbocycles. The minimum atomic E-state index is -1.33. The topological polar surface area (TPSA) is 97.9 Å². The molecule has 2 heterocycles. The smallest absolute Gasteiger partial charge is 0.335 e. The molecule has 3 aromatic rings. The lowest BCUT2D eigenvalue weighted by molar-refractivity contribution is -0.268. The summed E-state index contributed by atoms with van der Waals surface area (Å²) in [5.74, 6) is -2.05. The summed E-state index contributed by atoms with van der Waals surface area (Å²) in [5.41, 5.74) is 2.58. The third-order valence-electron chi connectivity index (χ3n) is 4.11. The Labute approximate surface area is 162 Å². The zero-order chi connectivity index (χ0) is 19.1. The lowest BCUT2D eigenvalue weighted by atomic mass is 10.1. The number of rotatable bonds is 3. The van der Waals surface area contributed by atoms with Crippen molar-refractivity contribution in [1.29, 1.82) is 0 Å². The highest BCUT2D eigenvalue weighted by molar-refractivity contribution is 7.73. The highest BCUT2D eigenvalue weighted by Crippen LogP contribution is 2.37. The van der Waals surface area contributed by atoms with Crippen LogP contribution in [0.4, 0.5) is 5.69 Å². The van der Waals surface area contributed by atoms with Crippen LogP contribution in [-0.4, -0.2) is 27.0 Å². The molecule has 0 atom stereocenters. The molecule has 1 aliphatic rings. The van der Waals surface area contributed by atoms with Gasteiger partial charge in [0.05, 0.1) is 21.8 Å². The maximum Gasteiger partial charge on any atom is 0.335 e. The quantitative estimate of drug-likeness (QED) is 0.653. The van der Waals surface area contributed by atoms with Gasteiger partial charge in [0.2, 0.25) is 5.88 Å². The van der Waals surface area contributed by atoms with Crippen molar-refractivity contribution in [3.8, 4) is 17.3 Å². The number of carbonyl (C=O) groups is 1. The summed E-state index contributed by atoms with van der Waals surface area (Å²) in [7, 11) is 0. The SMILES string of the molecule is O=C(O)c1cc(-n2c(O)c(/C=C3\C=Nc4ccccc43)sc2=S)ccc1[O-]. The van der Waals surface area contributed by atoms with Gasteiger partial charge < -0.3 is 15.3 Å². The summed E-state index contributed by atoms with van der Waals surface area (Å²) < 4.78 is 1.67. The number of carboxylic acids is 1. The molecular formula is C19H11N2O4S2-. The third-order valence-corrected chi connectivity index (χ3v) is 5.42. The molecule has 27 heavy (non-hydrogen) atoms. The van der Waals surface area contributed by atoms with Crippen molar-refractivity contribution >= 4 is 53.1 Å². The summed E-state index contributed by atoms with van der Waals surface area (Å²) in [6, 6.07) is 11.4. The number of aromatic hydroxyl groups is 1. The molecule has 0 saturated heterocycles. The van der Waals surface area contributed by atoms with Crippen LogP contribution in [0.2, 0.25) is 0 Å². The van der Waals surface area contributed by atoms with Gasteiger partial charge in [0.15, 0.2) is 3.95 Å². The Morgan fingerprint density at radius 1 is 1.26 bits per heavy atom.